The molecule has 0 spiro atoms. The summed E-state index contributed by atoms with van der Waals surface area (Å²) in [5.74, 6) is -0.321. The van der Waals surface area contributed by atoms with Gasteiger partial charge in [-0.05, 0) is 31.0 Å². The zero-order valence-electron chi connectivity index (χ0n) is 14.3. The summed E-state index contributed by atoms with van der Waals surface area (Å²) in [6, 6.07) is 10.4. The van der Waals surface area contributed by atoms with Gasteiger partial charge in [-0.1, -0.05) is 18.2 Å². The van der Waals surface area contributed by atoms with Crippen LogP contribution in [0.1, 0.15) is 18.1 Å². The van der Waals surface area contributed by atoms with Crippen LogP contribution in [-0.4, -0.2) is 24.7 Å². The molecule has 0 bridgehead atoms. The normalized spacial score (nSPS) is 15.9. The van der Waals surface area contributed by atoms with E-state index in [1.807, 2.05) is 31.2 Å². The zero-order chi connectivity index (χ0) is 18.8. The van der Waals surface area contributed by atoms with Crippen LogP contribution in [0.5, 0.6) is 11.5 Å². The lowest BCUT2D eigenvalue weighted by molar-refractivity contribution is -0.385. The van der Waals surface area contributed by atoms with E-state index in [1.165, 1.54) is 18.7 Å². The number of nitrogens with zero attached hydrogens (tertiary/aromatic N) is 2. The van der Waals surface area contributed by atoms with Gasteiger partial charge in [0.1, 0.15) is 0 Å². The maximum atomic E-state index is 12.6. The fraction of sp³-hybridized carbons (Fsp3) is 0.333. The number of fused-ring (bicyclic) bond motifs is 1. The van der Waals surface area contributed by atoms with Crippen molar-refractivity contribution < 1.29 is 23.2 Å². The molecule has 1 heterocycles. The number of halogens is 2. The topological polar surface area (TPSA) is 64.8 Å². The van der Waals surface area contributed by atoms with Gasteiger partial charge < -0.3 is 14.4 Å². The fourth-order valence-corrected chi connectivity index (χ4v) is 3.29. The first-order valence-corrected chi connectivity index (χ1v) is 8.05. The van der Waals surface area contributed by atoms with E-state index in [0.29, 0.717) is 5.56 Å². The molecule has 0 radical (unpaired) electrons. The lowest BCUT2D eigenvalue weighted by Gasteiger charge is -2.25. The van der Waals surface area contributed by atoms with Gasteiger partial charge in [-0.3, -0.25) is 10.1 Å². The molecule has 26 heavy (non-hydrogen) atoms. The van der Waals surface area contributed by atoms with E-state index in [9.17, 15) is 18.9 Å². The lowest BCUT2D eigenvalue weighted by Crippen LogP contribution is -2.29. The van der Waals surface area contributed by atoms with Gasteiger partial charge in [0.05, 0.1) is 30.2 Å². The smallest absolute Gasteiger partial charge is 0.387 e. The summed E-state index contributed by atoms with van der Waals surface area (Å²) >= 11 is 0. The maximum Gasteiger partial charge on any atom is 0.387 e. The summed E-state index contributed by atoms with van der Waals surface area (Å²) in [7, 11) is 1.30. The summed E-state index contributed by atoms with van der Waals surface area (Å²) in [6.45, 7) is -0.795. The van der Waals surface area contributed by atoms with Crippen molar-refractivity contribution in [2.75, 3.05) is 12.0 Å². The predicted octanol–water partition coefficient (Wildman–Crippen LogP) is 4.16. The van der Waals surface area contributed by atoms with Crippen molar-refractivity contribution >= 4 is 11.4 Å². The molecule has 1 aliphatic rings. The molecule has 0 aliphatic carbocycles. The van der Waals surface area contributed by atoms with Crippen molar-refractivity contribution in [1.82, 2.24) is 0 Å². The number of benzene rings is 2. The Morgan fingerprint density at radius 3 is 2.69 bits per heavy atom. The minimum atomic E-state index is -3.10. The summed E-state index contributed by atoms with van der Waals surface area (Å²) in [5, 5.41) is 11.5. The monoisotopic (exact) mass is 364 g/mol. The number of hydrogen-bond donors (Lipinski definition) is 0. The Morgan fingerprint density at radius 2 is 2.04 bits per heavy atom. The predicted molar refractivity (Wildman–Crippen MR) is 92.1 cm³/mol. The second-order valence-corrected chi connectivity index (χ2v) is 6.08. The molecule has 0 amide bonds. The minimum Gasteiger partial charge on any atom is -0.493 e. The van der Waals surface area contributed by atoms with E-state index >= 15 is 0 Å². The van der Waals surface area contributed by atoms with Crippen molar-refractivity contribution in [2.24, 2.45) is 0 Å². The Labute approximate surface area is 149 Å². The standard InChI is InChI=1S/C18H18F2N2O4/c1-11-7-12-5-3-4-6-14(12)21(11)10-13-8-16(25-2)17(26-18(19)20)9-15(13)22(23)24/h3-6,8-9,11,18H,7,10H2,1-2H3/t11-/m0/s1. The zero-order valence-corrected chi connectivity index (χ0v) is 14.3. The van der Waals surface area contributed by atoms with Crippen LogP contribution in [0.4, 0.5) is 20.2 Å². The molecule has 6 nitrogen and oxygen atoms in total. The van der Waals surface area contributed by atoms with Crippen LogP contribution in [0.25, 0.3) is 0 Å². The molecule has 2 aromatic carbocycles. The number of para-hydroxylation sites is 1. The molecule has 0 unspecified atom stereocenters. The Morgan fingerprint density at radius 1 is 1.31 bits per heavy atom. The summed E-state index contributed by atoms with van der Waals surface area (Å²) < 4.78 is 34.6. The van der Waals surface area contributed by atoms with Gasteiger partial charge in [0.15, 0.2) is 11.5 Å². The van der Waals surface area contributed by atoms with Gasteiger partial charge in [-0.15, -0.1) is 0 Å². The van der Waals surface area contributed by atoms with Gasteiger partial charge in [0.25, 0.3) is 5.69 Å². The molecule has 0 N–H and O–H groups in total. The Balaban J connectivity index is 2.00. The van der Waals surface area contributed by atoms with E-state index in [-0.39, 0.29) is 29.8 Å². The van der Waals surface area contributed by atoms with E-state index in [4.69, 9.17) is 4.74 Å². The molecular formula is C18H18F2N2O4. The van der Waals surface area contributed by atoms with Gasteiger partial charge in [0.2, 0.25) is 0 Å². The molecule has 3 rings (SSSR count). The van der Waals surface area contributed by atoms with Gasteiger partial charge in [-0.2, -0.15) is 8.78 Å². The highest BCUT2D eigenvalue weighted by Gasteiger charge is 2.29. The molecule has 1 aliphatic heterocycles. The quantitative estimate of drug-likeness (QED) is 0.569. The average Bonchev–Trinajstić information content (AvgIpc) is 2.90. The molecule has 8 heteroatoms. The number of ether oxygens (including phenoxy) is 2. The van der Waals surface area contributed by atoms with Crippen molar-refractivity contribution in [2.45, 2.75) is 32.5 Å². The highest BCUT2D eigenvalue weighted by Crippen LogP contribution is 2.39. The third-order valence-corrected chi connectivity index (χ3v) is 4.47. The maximum absolute atomic E-state index is 12.6. The van der Waals surface area contributed by atoms with Crippen LogP contribution in [0.3, 0.4) is 0 Å². The van der Waals surface area contributed by atoms with Crippen LogP contribution in [0.2, 0.25) is 0 Å². The molecule has 0 fully saturated rings. The Bertz CT molecular complexity index is 829. The third-order valence-electron chi connectivity index (χ3n) is 4.47. The molecule has 0 saturated carbocycles. The lowest BCUT2D eigenvalue weighted by atomic mass is 10.1. The van der Waals surface area contributed by atoms with Crippen LogP contribution < -0.4 is 14.4 Å². The van der Waals surface area contributed by atoms with Crippen LogP contribution in [-0.2, 0) is 13.0 Å². The minimum absolute atomic E-state index is 0.0334. The molecule has 0 saturated heterocycles. The Hall–Kier alpha value is -2.90. The first kappa shape index (κ1) is 17.9. The number of nitro benzene ring substituents is 1. The highest BCUT2D eigenvalue weighted by molar-refractivity contribution is 5.62. The first-order chi connectivity index (χ1) is 12.4. The number of hydrogen-bond acceptors (Lipinski definition) is 5. The molecule has 1 atom stereocenters. The molecule has 2 aromatic rings. The van der Waals surface area contributed by atoms with Gasteiger partial charge in [-0.25, -0.2) is 0 Å². The molecular weight excluding hydrogens is 346 g/mol. The number of nitro groups is 1. The van der Waals surface area contributed by atoms with Crippen molar-refractivity contribution in [3.63, 3.8) is 0 Å². The van der Waals surface area contributed by atoms with Gasteiger partial charge >= 0.3 is 6.61 Å². The highest BCUT2D eigenvalue weighted by atomic mass is 19.3. The first-order valence-electron chi connectivity index (χ1n) is 8.05. The Kier molecular flexibility index (Phi) is 4.92. The number of methoxy groups -OCH3 is 1. The van der Waals surface area contributed by atoms with E-state index in [2.05, 4.69) is 9.64 Å². The van der Waals surface area contributed by atoms with Crippen LogP contribution >= 0.6 is 0 Å². The average molecular weight is 364 g/mol. The van der Waals surface area contributed by atoms with Crippen molar-refractivity contribution in [3.05, 3.63) is 57.6 Å². The largest absolute Gasteiger partial charge is 0.493 e. The number of rotatable bonds is 6. The second kappa shape index (κ2) is 7.15. The second-order valence-electron chi connectivity index (χ2n) is 6.08. The summed E-state index contributed by atoms with van der Waals surface area (Å²) in [4.78, 5) is 12.9. The molecule has 0 aromatic heterocycles. The number of anilines is 1. The fourth-order valence-electron chi connectivity index (χ4n) is 3.29. The SMILES string of the molecule is COc1cc(CN2c3ccccc3C[C@@H]2C)c([N+](=O)[O-])cc1OC(F)F. The van der Waals surface area contributed by atoms with Crippen molar-refractivity contribution in [1.29, 1.82) is 0 Å². The summed E-state index contributed by atoms with van der Waals surface area (Å²) in [6.07, 6.45) is 0.841. The number of alkyl halides is 2. The van der Waals surface area contributed by atoms with Crippen LogP contribution in [0.15, 0.2) is 36.4 Å². The van der Waals surface area contributed by atoms with Gasteiger partial charge in [0, 0.05) is 11.7 Å². The van der Waals surface area contributed by atoms with E-state index in [0.717, 1.165) is 18.2 Å². The van der Waals surface area contributed by atoms with Crippen molar-refractivity contribution in [3.8, 4) is 11.5 Å². The summed E-state index contributed by atoms with van der Waals surface area (Å²) in [5.41, 5.74) is 2.28. The van der Waals surface area contributed by atoms with E-state index in [1.54, 1.807) is 0 Å². The van der Waals surface area contributed by atoms with Crippen LogP contribution in [0, 0.1) is 10.1 Å². The third kappa shape index (κ3) is 3.40. The molecule has 138 valence electrons. The van der Waals surface area contributed by atoms with E-state index < -0.39 is 11.5 Å².